The predicted octanol–water partition coefficient (Wildman–Crippen LogP) is 2.25. The van der Waals surface area contributed by atoms with Gasteiger partial charge in [0.1, 0.15) is 11.8 Å². The Bertz CT molecular complexity index is 910. The minimum atomic E-state index is -0.842. The van der Waals surface area contributed by atoms with E-state index in [0.29, 0.717) is 5.56 Å². The van der Waals surface area contributed by atoms with Crippen LogP contribution in [0.25, 0.3) is 0 Å². The lowest BCUT2D eigenvalue weighted by Crippen LogP contribution is -2.52. The molecule has 1 aromatic carbocycles. The molecule has 0 saturated heterocycles. The Morgan fingerprint density at radius 3 is 2.64 bits per heavy atom. The van der Waals surface area contributed by atoms with E-state index in [9.17, 15) is 19.7 Å². The molecule has 0 spiro atoms. The van der Waals surface area contributed by atoms with Gasteiger partial charge in [-0.3, -0.25) is 19.8 Å². The molecule has 0 saturated carbocycles. The van der Waals surface area contributed by atoms with Gasteiger partial charge in [-0.15, -0.1) is 0 Å². The summed E-state index contributed by atoms with van der Waals surface area (Å²) in [4.78, 5) is 44.2. The number of nitro groups is 1. The first-order chi connectivity index (χ1) is 11.9. The Hall–Kier alpha value is -2.53. The number of halogens is 1. The molecule has 0 radical (unpaired) electrons. The van der Waals surface area contributed by atoms with Crippen molar-refractivity contribution in [2.75, 3.05) is 0 Å². The molecule has 9 nitrogen and oxygen atoms in total. The molecule has 2 unspecified atom stereocenters. The van der Waals surface area contributed by atoms with Gasteiger partial charge in [0, 0.05) is 16.2 Å². The first kappa shape index (κ1) is 16.0. The van der Waals surface area contributed by atoms with Crippen LogP contribution < -0.4 is 5.32 Å². The Morgan fingerprint density at radius 2 is 1.96 bits per heavy atom. The van der Waals surface area contributed by atoms with Crippen molar-refractivity contribution in [1.82, 2.24) is 10.2 Å². The first-order valence-corrected chi connectivity index (χ1v) is 8.65. The summed E-state index contributed by atoms with van der Waals surface area (Å²) in [5, 5.41) is 13.6. The Kier molecular flexibility index (Phi) is 3.69. The van der Waals surface area contributed by atoms with E-state index in [2.05, 4.69) is 31.2 Å². The molecule has 11 heteroatoms. The maximum atomic E-state index is 12.5. The van der Waals surface area contributed by atoms with Crippen LogP contribution in [0.15, 0.2) is 50.0 Å². The zero-order valence-corrected chi connectivity index (χ0v) is 14.7. The van der Waals surface area contributed by atoms with Gasteiger partial charge in [-0.2, -0.15) is 9.98 Å². The summed E-state index contributed by atoms with van der Waals surface area (Å²) in [6, 6.07) is 5.89. The van der Waals surface area contributed by atoms with E-state index >= 15 is 0 Å². The third-order valence-corrected chi connectivity index (χ3v) is 5.34. The Labute approximate surface area is 153 Å². The van der Waals surface area contributed by atoms with Crippen molar-refractivity contribution < 1.29 is 14.5 Å². The second-order valence-corrected chi connectivity index (χ2v) is 7.26. The number of carbonyl (C=O) groups excluding carboxylic acids is 2. The van der Waals surface area contributed by atoms with Crippen LogP contribution >= 0.6 is 27.7 Å². The number of carbonyl (C=O) groups is 2. The molecule has 3 heterocycles. The highest BCUT2D eigenvalue weighted by molar-refractivity contribution is 9.10. The second-order valence-electron chi connectivity index (χ2n) is 5.36. The Balaban J connectivity index is 1.79. The number of amides is 3. The molecule has 1 N–H and O–H groups in total. The lowest BCUT2D eigenvalue weighted by atomic mass is 9.89. The highest BCUT2D eigenvalue weighted by Gasteiger charge is 2.48. The number of amidine groups is 2. The summed E-state index contributed by atoms with van der Waals surface area (Å²) < 4.78 is 0.858. The summed E-state index contributed by atoms with van der Waals surface area (Å²) in [5.41, 5.74) is 0.714. The third-order valence-electron chi connectivity index (χ3n) is 3.88. The number of hydrogen-bond donors (Lipinski definition) is 1. The van der Waals surface area contributed by atoms with E-state index in [1.807, 2.05) is 0 Å². The minimum absolute atomic E-state index is 0.135. The molecule has 126 valence electrons. The molecular formula is C14H8BrN5O4S. The highest BCUT2D eigenvalue weighted by atomic mass is 79.9. The van der Waals surface area contributed by atoms with Gasteiger partial charge in [-0.1, -0.05) is 28.1 Å². The number of benzene rings is 1. The molecule has 0 aliphatic carbocycles. The van der Waals surface area contributed by atoms with E-state index in [0.717, 1.165) is 16.2 Å². The summed E-state index contributed by atoms with van der Waals surface area (Å²) in [6.45, 7) is 0. The van der Waals surface area contributed by atoms with Crippen molar-refractivity contribution in [3.05, 3.63) is 55.6 Å². The lowest BCUT2D eigenvalue weighted by Gasteiger charge is -2.35. The van der Waals surface area contributed by atoms with Crippen molar-refractivity contribution in [3.8, 4) is 0 Å². The molecule has 0 bridgehead atoms. The number of urea groups is 1. The quantitative estimate of drug-likeness (QED) is 0.577. The SMILES string of the molecule is O=C1N=C2C(C(=O)N=C3SC([N+](=O)[O-])=CN32)C(c2ccc(Br)cc2)N1. The van der Waals surface area contributed by atoms with E-state index in [-0.39, 0.29) is 16.0 Å². The number of nitrogens with zero attached hydrogens (tertiary/aromatic N) is 4. The smallest absolute Gasteiger partial charge is 0.328 e. The molecule has 3 aliphatic rings. The van der Waals surface area contributed by atoms with Gasteiger partial charge < -0.3 is 5.32 Å². The number of thioether (sulfide) groups is 1. The van der Waals surface area contributed by atoms with Crippen LogP contribution in [0.3, 0.4) is 0 Å². The molecular weight excluding hydrogens is 414 g/mol. The lowest BCUT2D eigenvalue weighted by molar-refractivity contribution is -0.410. The van der Waals surface area contributed by atoms with Crippen molar-refractivity contribution in [3.63, 3.8) is 0 Å². The van der Waals surface area contributed by atoms with Gasteiger partial charge >= 0.3 is 11.1 Å². The number of nitrogens with one attached hydrogen (secondary N) is 1. The maximum absolute atomic E-state index is 12.5. The van der Waals surface area contributed by atoms with Crippen LogP contribution in [0, 0.1) is 16.0 Å². The fourth-order valence-electron chi connectivity index (χ4n) is 2.80. The van der Waals surface area contributed by atoms with E-state index < -0.39 is 28.8 Å². The van der Waals surface area contributed by atoms with Gasteiger partial charge in [0.05, 0.1) is 17.2 Å². The number of rotatable bonds is 2. The van der Waals surface area contributed by atoms with Crippen LogP contribution in [0.1, 0.15) is 11.6 Å². The highest BCUT2D eigenvalue weighted by Crippen LogP contribution is 2.38. The molecule has 1 aromatic rings. The van der Waals surface area contributed by atoms with Gasteiger partial charge in [-0.25, -0.2) is 4.79 Å². The number of fused-ring (bicyclic) bond motifs is 3. The summed E-state index contributed by atoms with van der Waals surface area (Å²) in [5.74, 6) is -1.19. The summed E-state index contributed by atoms with van der Waals surface area (Å²) in [6.07, 6.45) is 1.24. The van der Waals surface area contributed by atoms with Gasteiger partial charge in [-0.05, 0) is 17.7 Å². The van der Waals surface area contributed by atoms with Crippen LogP contribution in [0.2, 0.25) is 0 Å². The van der Waals surface area contributed by atoms with Crippen molar-refractivity contribution >= 4 is 50.6 Å². The normalized spacial score (nSPS) is 24.7. The van der Waals surface area contributed by atoms with E-state index in [4.69, 9.17) is 0 Å². The monoisotopic (exact) mass is 421 g/mol. The maximum Gasteiger partial charge on any atom is 0.343 e. The molecule has 25 heavy (non-hydrogen) atoms. The molecule has 0 aromatic heterocycles. The van der Waals surface area contributed by atoms with Crippen LogP contribution in [-0.2, 0) is 4.79 Å². The molecule has 0 fully saturated rings. The third kappa shape index (κ3) is 2.65. The van der Waals surface area contributed by atoms with Crippen LogP contribution in [0.4, 0.5) is 4.79 Å². The number of aliphatic imine (C=N–C) groups is 2. The minimum Gasteiger partial charge on any atom is -0.328 e. The van der Waals surface area contributed by atoms with Crippen LogP contribution in [-0.4, -0.2) is 32.8 Å². The van der Waals surface area contributed by atoms with Crippen molar-refractivity contribution in [2.24, 2.45) is 15.9 Å². The first-order valence-electron chi connectivity index (χ1n) is 7.04. The molecule has 2 atom stereocenters. The summed E-state index contributed by atoms with van der Waals surface area (Å²) >= 11 is 4.10. The summed E-state index contributed by atoms with van der Waals surface area (Å²) in [7, 11) is 0. The topological polar surface area (TPSA) is 117 Å². The average Bonchev–Trinajstić information content (AvgIpc) is 2.99. The Morgan fingerprint density at radius 1 is 1.24 bits per heavy atom. The van der Waals surface area contributed by atoms with Crippen molar-refractivity contribution in [1.29, 1.82) is 0 Å². The zero-order valence-electron chi connectivity index (χ0n) is 12.2. The second kappa shape index (κ2) is 5.77. The number of hydrogen-bond acceptors (Lipinski definition) is 6. The standard InChI is InChI=1S/C14H8BrN5O4S/c15-7-3-1-6(2-4-7)10-9-11(17-13(22)16-10)19-5-8(20(23)24)25-14(19)18-12(9)21/h1-5,9-10H,(H,16,22). The van der Waals surface area contributed by atoms with Crippen LogP contribution in [0.5, 0.6) is 0 Å². The van der Waals surface area contributed by atoms with Gasteiger partial charge in [0.25, 0.3) is 5.91 Å². The fourth-order valence-corrected chi connectivity index (χ4v) is 3.86. The largest absolute Gasteiger partial charge is 0.343 e. The predicted molar refractivity (Wildman–Crippen MR) is 93.3 cm³/mol. The molecule has 3 amide bonds. The fraction of sp³-hybridized carbons (Fsp3) is 0.143. The molecule has 4 rings (SSSR count). The van der Waals surface area contributed by atoms with E-state index in [1.54, 1.807) is 24.3 Å². The van der Waals surface area contributed by atoms with E-state index in [1.165, 1.54) is 11.1 Å². The average molecular weight is 422 g/mol. The molecule has 3 aliphatic heterocycles. The van der Waals surface area contributed by atoms with Gasteiger partial charge in [0.15, 0.2) is 5.17 Å². The van der Waals surface area contributed by atoms with Crippen molar-refractivity contribution in [2.45, 2.75) is 6.04 Å². The zero-order chi connectivity index (χ0) is 17.7. The van der Waals surface area contributed by atoms with Gasteiger partial charge in [0.2, 0.25) is 0 Å².